The molecule has 3 unspecified atom stereocenters. The molecule has 1 aliphatic heterocycles. The molecule has 1 saturated carbocycles. The molecule has 0 aromatic rings. The Labute approximate surface area is 77.1 Å². The van der Waals surface area contributed by atoms with E-state index in [-0.39, 0.29) is 0 Å². The summed E-state index contributed by atoms with van der Waals surface area (Å²) < 4.78 is 0. The second-order valence-electron chi connectivity index (χ2n) is 4.57. The van der Waals surface area contributed by atoms with Gasteiger partial charge in [-0.3, -0.25) is 0 Å². The Kier molecular flexibility index (Phi) is 3.57. The molecule has 2 fully saturated rings. The summed E-state index contributed by atoms with van der Waals surface area (Å²) in [5, 5.41) is 0. The predicted octanol–water partition coefficient (Wildman–Crippen LogP) is 2.62. The second-order valence-corrected chi connectivity index (χ2v) is 4.57. The van der Waals surface area contributed by atoms with Gasteiger partial charge in [0.05, 0.1) is 0 Å². The van der Waals surface area contributed by atoms with E-state index in [1.54, 1.807) is 0 Å². The van der Waals surface area contributed by atoms with Gasteiger partial charge in [0.1, 0.15) is 0 Å². The number of rotatable bonds is 0. The molecule has 3 atom stereocenters. The molecule has 0 N–H and O–H groups in total. The molecule has 0 aromatic carbocycles. The van der Waals surface area contributed by atoms with Crippen molar-refractivity contribution in [2.24, 2.45) is 17.8 Å². The number of fused-ring (bicyclic) bond motifs is 1. The third-order valence-electron chi connectivity index (χ3n) is 3.08. The van der Waals surface area contributed by atoms with Crippen molar-refractivity contribution in [3.63, 3.8) is 0 Å². The highest BCUT2D eigenvalue weighted by molar-refractivity contribution is 4.94. The maximum Gasteiger partial charge on any atom is 0.00124 e. The van der Waals surface area contributed by atoms with Crippen LogP contribution < -0.4 is 0 Å². The minimum Gasteiger partial charge on any atom is -0.306 e. The van der Waals surface area contributed by atoms with Gasteiger partial charge in [-0.25, -0.2) is 0 Å². The molecule has 2 aliphatic rings. The maximum absolute atomic E-state index is 2.47. The Bertz CT molecular complexity index is 133. The van der Waals surface area contributed by atoms with E-state index in [2.05, 4.69) is 32.7 Å². The van der Waals surface area contributed by atoms with Crippen molar-refractivity contribution in [3.8, 4) is 0 Å². The lowest BCUT2D eigenvalue weighted by atomic mass is 9.68. The van der Waals surface area contributed by atoms with Gasteiger partial charge in [-0.05, 0) is 31.2 Å². The predicted molar refractivity (Wildman–Crippen MR) is 54.2 cm³/mol. The lowest BCUT2D eigenvalue weighted by molar-refractivity contribution is 0.139. The van der Waals surface area contributed by atoms with Gasteiger partial charge >= 0.3 is 0 Å². The van der Waals surface area contributed by atoms with Crippen LogP contribution in [0.4, 0.5) is 0 Å². The van der Waals surface area contributed by atoms with E-state index in [0.717, 1.165) is 17.8 Å². The van der Waals surface area contributed by atoms with Crippen molar-refractivity contribution < 1.29 is 0 Å². The molecule has 1 saturated heterocycles. The first-order valence-corrected chi connectivity index (χ1v) is 5.37. The molecule has 0 amide bonds. The van der Waals surface area contributed by atoms with E-state index in [0.29, 0.717) is 0 Å². The molecule has 12 heavy (non-hydrogen) atoms. The Morgan fingerprint density at radius 1 is 1.25 bits per heavy atom. The SMILES string of the molecule is CC1CC2CN(C)CC12.CCC. The van der Waals surface area contributed by atoms with Gasteiger partial charge in [-0.15, -0.1) is 0 Å². The van der Waals surface area contributed by atoms with Gasteiger partial charge in [0.15, 0.2) is 0 Å². The summed E-state index contributed by atoms with van der Waals surface area (Å²) in [7, 11) is 2.24. The highest BCUT2D eigenvalue weighted by atomic mass is 15.1. The molecular formula is C11H23N. The van der Waals surface area contributed by atoms with E-state index in [9.17, 15) is 0 Å². The first-order chi connectivity index (χ1) is 5.69. The lowest BCUT2D eigenvalue weighted by Gasteiger charge is -2.36. The van der Waals surface area contributed by atoms with Crippen LogP contribution in [0.1, 0.15) is 33.6 Å². The summed E-state index contributed by atoms with van der Waals surface area (Å²) in [6.45, 7) is 9.38. The Morgan fingerprint density at radius 3 is 2.17 bits per heavy atom. The van der Waals surface area contributed by atoms with Crippen molar-refractivity contribution >= 4 is 0 Å². The highest BCUT2D eigenvalue weighted by Gasteiger charge is 2.43. The van der Waals surface area contributed by atoms with E-state index in [1.807, 2.05) is 0 Å². The topological polar surface area (TPSA) is 3.24 Å². The van der Waals surface area contributed by atoms with Gasteiger partial charge in [-0.1, -0.05) is 27.2 Å². The fourth-order valence-electron chi connectivity index (χ4n) is 2.47. The van der Waals surface area contributed by atoms with Crippen LogP contribution >= 0.6 is 0 Å². The fourth-order valence-corrected chi connectivity index (χ4v) is 2.47. The highest BCUT2D eigenvalue weighted by Crippen LogP contribution is 2.44. The average molecular weight is 169 g/mol. The molecular weight excluding hydrogens is 146 g/mol. The molecule has 0 spiro atoms. The summed E-state index contributed by atoms with van der Waals surface area (Å²) in [4.78, 5) is 2.47. The van der Waals surface area contributed by atoms with Crippen LogP contribution in [-0.4, -0.2) is 25.0 Å². The monoisotopic (exact) mass is 169 g/mol. The number of hydrogen-bond acceptors (Lipinski definition) is 1. The van der Waals surface area contributed by atoms with Crippen LogP contribution in [0.5, 0.6) is 0 Å². The first-order valence-electron chi connectivity index (χ1n) is 5.37. The van der Waals surface area contributed by atoms with Crippen LogP contribution in [0, 0.1) is 17.8 Å². The van der Waals surface area contributed by atoms with E-state index in [4.69, 9.17) is 0 Å². The number of hydrogen-bond donors (Lipinski definition) is 0. The van der Waals surface area contributed by atoms with Crippen molar-refractivity contribution in [2.45, 2.75) is 33.6 Å². The zero-order valence-electron chi connectivity index (χ0n) is 9.01. The van der Waals surface area contributed by atoms with Crippen molar-refractivity contribution in [3.05, 3.63) is 0 Å². The molecule has 1 heteroatoms. The molecule has 2 rings (SSSR count). The standard InChI is InChI=1S/C8H15N.C3H8/c1-6-3-7-4-9(2)5-8(6)7;1-3-2/h6-8H,3-5H2,1-2H3;3H2,1-2H3. The van der Waals surface area contributed by atoms with E-state index >= 15 is 0 Å². The summed E-state index contributed by atoms with van der Waals surface area (Å²) in [5.74, 6) is 3.17. The van der Waals surface area contributed by atoms with Crippen LogP contribution in [0.15, 0.2) is 0 Å². The van der Waals surface area contributed by atoms with Crippen LogP contribution in [0.2, 0.25) is 0 Å². The Balaban J connectivity index is 0.000000213. The molecule has 0 radical (unpaired) electrons. The van der Waals surface area contributed by atoms with E-state index < -0.39 is 0 Å². The normalized spacial score (nSPS) is 39.5. The average Bonchev–Trinajstić information content (AvgIpc) is 2.29. The van der Waals surface area contributed by atoms with Crippen LogP contribution in [-0.2, 0) is 0 Å². The minimum absolute atomic E-state index is 1.03. The molecule has 1 nitrogen and oxygen atoms in total. The zero-order chi connectivity index (χ0) is 9.14. The third-order valence-corrected chi connectivity index (χ3v) is 3.08. The summed E-state index contributed by atoms with van der Waals surface area (Å²) >= 11 is 0. The van der Waals surface area contributed by atoms with Crippen molar-refractivity contribution in [2.75, 3.05) is 20.1 Å². The van der Waals surface area contributed by atoms with Gasteiger partial charge in [0.2, 0.25) is 0 Å². The maximum atomic E-state index is 2.47. The number of likely N-dealkylation sites (tertiary alicyclic amines) is 1. The first kappa shape index (κ1) is 10.0. The Morgan fingerprint density at radius 2 is 1.83 bits per heavy atom. The summed E-state index contributed by atoms with van der Waals surface area (Å²) in [6, 6.07) is 0. The quantitative estimate of drug-likeness (QED) is 0.539. The van der Waals surface area contributed by atoms with Crippen molar-refractivity contribution in [1.29, 1.82) is 0 Å². The molecule has 1 heterocycles. The molecule has 72 valence electrons. The van der Waals surface area contributed by atoms with Gasteiger partial charge < -0.3 is 4.90 Å². The zero-order valence-corrected chi connectivity index (χ0v) is 9.01. The van der Waals surface area contributed by atoms with Gasteiger partial charge in [0.25, 0.3) is 0 Å². The third kappa shape index (κ3) is 2.01. The van der Waals surface area contributed by atoms with Crippen LogP contribution in [0.3, 0.4) is 0 Å². The Hall–Kier alpha value is -0.0400. The molecule has 0 aromatic heterocycles. The lowest BCUT2D eigenvalue weighted by Crippen LogP contribution is -2.33. The number of nitrogens with zero attached hydrogens (tertiary/aromatic N) is 1. The minimum atomic E-state index is 1.03. The smallest absolute Gasteiger partial charge is 0.00124 e. The molecule has 0 bridgehead atoms. The largest absolute Gasteiger partial charge is 0.306 e. The van der Waals surface area contributed by atoms with Crippen molar-refractivity contribution in [1.82, 2.24) is 4.90 Å². The van der Waals surface area contributed by atoms with Gasteiger partial charge in [0, 0.05) is 13.1 Å². The summed E-state index contributed by atoms with van der Waals surface area (Å²) in [5.41, 5.74) is 0. The van der Waals surface area contributed by atoms with Gasteiger partial charge in [-0.2, -0.15) is 0 Å². The van der Waals surface area contributed by atoms with Crippen LogP contribution in [0.25, 0.3) is 0 Å². The second kappa shape index (κ2) is 4.27. The summed E-state index contributed by atoms with van der Waals surface area (Å²) in [6.07, 6.45) is 2.75. The van der Waals surface area contributed by atoms with E-state index in [1.165, 1.54) is 25.9 Å². The fraction of sp³-hybridized carbons (Fsp3) is 1.00. The molecule has 1 aliphatic carbocycles.